The summed E-state index contributed by atoms with van der Waals surface area (Å²) in [7, 11) is 0. The lowest BCUT2D eigenvalue weighted by Gasteiger charge is -2.25. The molecule has 1 aliphatic rings. The van der Waals surface area contributed by atoms with Crippen molar-refractivity contribution in [2.75, 3.05) is 12.5 Å². The van der Waals surface area contributed by atoms with Crippen LogP contribution in [0.2, 0.25) is 0 Å². The van der Waals surface area contributed by atoms with E-state index in [2.05, 4.69) is 22.5 Å². The predicted octanol–water partition coefficient (Wildman–Crippen LogP) is 3.26. The van der Waals surface area contributed by atoms with E-state index in [0.717, 1.165) is 42.9 Å². The van der Waals surface area contributed by atoms with E-state index in [0.29, 0.717) is 17.9 Å². The highest BCUT2D eigenvalue weighted by Gasteiger charge is 2.31. The van der Waals surface area contributed by atoms with Crippen molar-refractivity contribution >= 4 is 22.6 Å². The molecule has 1 aliphatic heterocycles. The van der Waals surface area contributed by atoms with Gasteiger partial charge in [0.05, 0.1) is 34.8 Å². The van der Waals surface area contributed by atoms with E-state index in [-0.39, 0.29) is 5.60 Å². The summed E-state index contributed by atoms with van der Waals surface area (Å²) in [6, 6.07) is 7.80. The number of rotatable bonds is 4. The summed E-state index contributed by atoms with van der Waals surface area (Å²) < 4.78 is 8.08. The number of benzene rings is 1. The molecule has 0 bridgehead atoms. The summed E-state index contributed by atoms with van der Waals surface area (Å²) in [6.45, 7) is 3.71. The van der Waals surface area contributed by atoms with Crippen LogP contribution in [0.5, 0.6) is 0 Å². The fourth-order valence-corrected chi connectivity index (χ4v) is 3.16. The number of ether oxygens (including phenoxy) is 1. The van der Waals surface area contributed by atoms with E-state index in [4.69, 9.17) is 21.6 Å². The molecule has 1 fully saturated rings. The molecule has 0 spiro atoms. The van der Waals surface area contributed by atoms with Crippen molar-refractivity contribution in [3.63, 3.8) is 0 Å². The first-order chi connectivity index (χ1) is 10.1. The van der Waals surface area contributed by atoms with Gasteiger partial charge in [-0.25, -0.2) is 4.98 Å². The van der Waals surface area contributed by atoms with Crippen LogP contribution < -0.4 is 0 Å². The average Bonchev–Trinajstić information content (AvgIpc) is 3.05. The number of aromatic nitrogens is 2. The first-order valence-corrected chi connectivity index (χ1v) is 7.78. The third-order valence-electron chi connectivity index (χ3n) is 4.07. The van der Waals surface area contributed by atoms with Gasteiger partial charge in [-0.1, -0.05) is 0 Å². The van der Waals surface area contributed by atoms with Crippen molar-refractivity contribution in [2.45, 2.75) is 38.3 Å². The monoisotopic (exact) mass is 303 g/mol. The molecule has 1 saturated heterocycles. The lowest BCUT2D eigenvalue weighted by atomic mass is 10.0. The summed E-state index contributed by atoms with van der Waals surface area (Å²) in [5, 5.41) is 9.11. The summed E-state index contributed by atoms with van der Waals surface area (Å²) >= 11 is 5.91. The lowest BCUT2D eigenvalue weighted by Crippen LogP contribution is -2.30. The van der Waals surface area contributed by atoms with Gasteiger partial charge in [0.1, 0.15) is 5.82 Å². The maximum absolute atomic E-state index is 9.11. The van der Waals surface area contributed by atoms with E-state index >= 15 is 0 Å². The molecule has 2 heterocycles. The molecular formula is C16H18ClN3O. The van der Waals surface area contributed by atoms with Gasteiger partial charge < -0.3 is 9.30 Å². The zero-order chi connectivity index (χ0) is 14.9. The van der Waals surface area contributed by atoms with Crippen LogP contribution in [-0.4, -0.2) is 27.6 Å². The van der Waals surface area contributed by atoms with Crippen LogP contribution in [0.3, 0.4) is 0 Å². The maximum atomic E-state index is 9.11. The van der Waals surface area contributed by atoms with Gasteiger partial charge in [0.2, 0.25) is 0 Å². The SMILES string of the molecule is CC1(Cn2c(CCCl)nc3ccc(C#N)cc32)CCCO1. The number of fused-ring (bicyclic) bond motifs is 1. The highest BCUT2D eigenvalue weighted by Crippen LogP contribution is 2.29. The third-order valence-corrected chi connectivity index (χ3v) is 4.26. The van der Waals surface area contributed by atoms with E-state index in [1.165, 1.54) is 0 Å². The number of alkyl halides is 1. The maximum Gasteiger partial charge on any atom is 0.111 e. The van der Waals surface area contributed by atoms with Crippen molar-refractivity contribution in [3.05, 3.63) is 29.6 Å². The van der Waals surface area contributed by atoms with Gasteiger partial charge in [0.25, 0.3) is 0 Å². The molecule has 0 N–H and O–H groups in total. The Hall–Kier alpha value is -1.57. The average molecular weight is 304 g/mol. The Morgan fingerprint density at radius 2 is 2.38 bits per heavy atom. The highest BCUT2D eigenvalue weighted by molar-refractivity contribution is 6.17. The van der Waals surface area contributed by atoms with Crippen LogP contribution in [0.15, 0.2) is 18.2 Å². The summed E-state index contributed by atoms with van der Waals surface area (Å²) in [4.78, 5) is 4.66. The number of nitrogens with zero attached hydrogens (tertiary/aromatic N) is 3. The Balaban J connectivity index is 2.08. The minimum Gasteiger partial charge on any atom is -0.373 e. The first kappa shape index (κ1) is 14.4. The third kappa shape index (κ3) is 2.76. The molecule has 0 aliphatic carbocycles. The molecule has 1 atom stereocenters. The van der Waals surface area contributed by atoms with Crippen molar-refractivity contribution in [1.82, 2.24) is 9.55 Å². The van der Waals surface area contributed by atoms with Crippen molar-refractivity contribution in [3.8, 4) is 6.07 Å². The number of hydrogen-bond acceptors (Lipinski definition) is 3. The number of aryl methyl sites for hydroxylation is 1. The molecule has 0 radical (unpaired) electrons. The molecular weight excluding hydrogens is 286 g/mol. The predicted molar refractivity (Wildman–Crippen MR) is 82.5 cm³/mol. The quantitative estimate of drug-likeness (QED) is 0.815. The van der Waals surface area contributed by atoms with Crippen LogP contribution in [0.25, 0.3) is 11.0 Å². The molecule has 2 aromatic rings. The van der Waals surface area contributed by atoms with Crippen LogP contribution in [0.1, 0.15) is 31.2 Å². The molecule has 1 aromatic heterocycles. The Morgan fingerprint density at radius 3 is 3.05 bits per heavy atom. The minimum absolute atomic E-state index is 0.155. The second-order valence-corrected chi connectivity index (χ2v) is 6.15. The van der Waals surface area contributed by atoms with E-state index in [1.54, 1.807) is 6.07 Å². The van der Waals surface area contributed by atoms with Crippen molar-refractivity contribution in [2.24, 2.45) is 0 Å². The van der Waals surface area contributed by atoms with Gasteiger partial charge in [0.15, 0.2) is 0 Å². The Bertz CT molecular complexity index is 695. The molecule has 1 unspecified atom stereocenters. The molecule has 0 saturated carbocycles. The zero-order valence-corrected chi connectivity index (χ0v) is 12.9. The van der Waals surface area contributed by atoms with Gasteiger partial charge in [-0.15, -0.1) is 11.6 Å². The molecule has 3 rings (SSSR count). The topological polar surface area (TPSA) is 50.8 Å². The van der Waals surface area contributed by atoms with Crippen molar-refractivity contribution < 1.29 is 4.74 Å². The van der Waals surface area contributed by atoms with Crippen molar-refractivity contribution in [1.29, 1.82) is 5.26 Å². The van der Waals surface area contributed by atoms with Crippen LogP contribution in [-0.2, 0) is 17.7 Å². The van der Waals surface area contributed by atoms with Crippen LogP contribution in [0, 0.1) is 11.3 Å². The lowest BCUT2D eigenvalue weighted by molar-refractivity contribution is 0.00653. The zero-order valence-electron chi connectivity index (χ0n) is 12.1. The Kier molecular flexibility index (Phi) is 3.88. The fourth-order valence-electron chi connectivity index (χ4n) is 2.99. The van der Waals surface area contributed by atoms with Gasteiger partial charge in [-0.05, 0) is 38.0 Å². The largest absolute Gasteiger partial charge is 0.373 e. The second-order valence-electron chi connectivity index (χ2n) is 5.77. The molecule has 4 nitrogen and oxygen atoms in total. The smallest absolute Gasteiger partial charge is 0.111 e. The molecule has 110 valence electrons. The molecule has 5 heteroatoms. The summed E-state index contributed by atoms with van der Waals surface area (Å²) in [5.74, 6) is 1.50. The van der Waals surface area contributed by atoms with Gasteiger partial charge >= 0.3 is 0 Å². The molecule has 21 heavy (non-hydrogen) atoms. The number of nitriles is 1. The first-order valence-electron chi connectivity index (χ1n) is 7.24. The molecule has 1 aromatic carbocycles. The van der Waals surface area contributed by atoms with Crippen LogP contribution >= 0.6 is 11.6 Å². The number of hydrogen-bond donors (Lipinski definition) is 0. The van der Waals surface area contributed by atoms with Crippen LogP contribution in [0.4, 0.5) is 0 Å². The normalized spacial score (nSPS) is 21.8. The highest BCUT2D eigenvalue weighted by atomic mass is 35.5. The van der Waals surface area contributed by atoms with Gasteiger partial charge in [-0.3, -0.25) is 0 Å². The van der Waals surface area contributed by atoms with E-state index < -0.39 is 0 Å². The minimum atomic E-state index is -0.155. The fraction of sp³-hybridized carbons (Fsp3) is 0.500. The molecule has 0 amide bonds. The van der Waals surface area contributed by atoms with Gasteiger partial charge in [-0.2, -0.15) is 5.26 Å². The number of imidazole rings is 1. The summed E-state index contributed by atoms with van der Waals surface area (Å²) in [6.07, 6.45) is 2.86. The number of halogens is 1. The van der Waals surface area contributed by atoms with Gasteiger partial charge in [0, 0.05) is 18.9 Å². The Labute approximate surface area is 129 Å². The Morgan fingerprint density at radius 1 is 1.52 bits per heavy atom. The second kappa shape index (κ2) is 5.67. The standard InChI is InChI=1S/C16H18ClN3O/c1-16(6-2-8-21-16)11-20-14-9-12(10-18)3-4-13(14)19-15(20)5-7-17/h3-4,9H,2,5-8,11H2,1H3. The van der Waals surface area contributed by atoms with E-state index in [9.17, 15) is 0 Å². The summed E-state index contributed by atoms with van der Waals surface area (Å²) in [5.41, 5.74) is 2.40. The van der Waals surface area contributed by atoms with E-state index in [1.807, 2.05) is 12.1 Å².